The summed E-state index contributed by atoms with van der Waals surface area (Å²) in [5.41, 5.74) is -7.08. The van der Waals surface area contributed by atoms with E-state index in [1.807, 2.05) is 0 Å². The van der Waals surface area contributed by atoms with Gasteiger partial charge in [-0.05, 0) is 12.1 Å². The first-order valence-electron chi connectivity index (χ1n) is 6.23. The smallest absolute Gasteiger partial charge is 0.258 e. The maximum atomic E-state index is 14.0. The molecule has 1 heterocycles. The van der Waals surface area contributed by atoms with E-state index in [9.17, 15) is 49.6 Å². The number of halogens is 9. The number of hydrogen-bond acceptors (Lipinski definition) is 3. The van der Waals surface area contributed by atoms with Gasteiger partial charge < -0.3 is 0 Å². The first-order valence-corrected chi connectivity index (χ1v) is 6.23. The van der Waals surface area contributed by atoms with Crippen LogP contribution in [-0.2, 0) is 12.1 Å². The maximum Gasteiger partial charge on any atom is 0.459 e. The van der Waals surface area contributed by atoms with Gasteiger partial charge in [-0.15, -0.1) is 0 Å². The molecule has 5 nitrogen and oxygen atoms in total. The summed E-state index contributed by atoms with van der Waals surface area (Å²) in [5.74, 6) is -8.62. The molecular formula is C12H4F9N3O2. The fourth-order valence-electron chi connectivity index (χ4n) is 1.89. The molecule has 0 saturated heterocycles. The van der Waals surface area contributed by atoms with E-state index < -0.39 is 56.5 Å². The molecule has 2 aromatic rings. The van der Waals surface area contributed by atoms with Gasteiger partial charge in [-0.3, -0.25) is 10.1 Å². The van der Waals surface area contributed by atoms with E-state index in [4.69, 9.17) is 0 Å². The van der Waals surface area contributed by atoms with E-state index in [0.29, 0.717) is 24.3 Å². The van der Waals surface area contributed by atoms with E-state index in [1.54, 1.807) is 0 Å². The van der Waals surface area contributed by atoms with Gasteiger partial charge in [0.05, 0.1) is 10.6 Å². The summed E-state index contributed by atoms with van der Waals surface area (Å²) in [6.45, 7) is 0. The third-order valence-electron chi connectivity index (χ3n) is 3.07. The lowest BCUT2D eigenvalue weighted by Gasteiger charge is -2.19. The molecule has 2 rings (SSSR count). The van der Waals surface area contributed by atoms with Crippen LogP contribution in [0.5, 0.6) is 0 Å². The quantitative estimate of drug-likeness (QED) is 0.435. The van der Waals surface area contributed by atoms with Crippen LogP contribution in [0, 0.1) is 16.1 Å². The fourth-order valence-corrected chi connectivity index (χ4v) is 1.89. The van der Waals surface area contributed by atoms with Crippen molar-refractivity contribution in [1.82, 2.24) is 9.78 Å². The Morgan fingerprint density at radius 3 is 1.85 bits per heavy atom. The number of alkyl halides is 8. The highest BCUT2D eigenvalue weighted by molar-refractivity contribution is 5.42. The van der Waals surface area contributed by atoms with Crippen LogP contribution in [0.1, 0.15) is 11.3 Å². The molecule has 1 aromatic carbocycles. The van der Waals surface area contributed by atoms with E-state index in [-0.39, 0.29) is 0 Å². The molecule has 0 aliphatic carbocycles. The highest BCUT2D eigenvalue weighted by atomic mass is 19.4. The molecule has 0 bridgehead atoms. The molecule has 0 N–H and O–H groups in total. The number of rotatable bonds is 3. The molecule has 0 aliphatic rings. The molecule has 1 aromatic heterocycles. The second kappa shape index (κ2) is 5.88. The average Bonchev–Trinajstić information content (AvgIpc) is 2.84. The lowest BCUT2D eigenvalue weighted by Crippen LogP contribution is -2.36. The molecule has 0 amide bonds. The lowest BCUT2D eigenvalue weighted by molar-refractivity contribution is -0.384. The number of hydrogen-bond donors (Lipinski definition) is 0. The third kappa shape index (κ3) is 3.17. The maximum absolute atomic E-state index is 14.0. The van der Waals surface area contributed by atoms with Crippen LogP contribution in [0.4, 0.5) is 45.2 Å². The van der Waals surface area contributed by atoms with Gasteiger partial charge in [0, 0.05) is 12.1 Å². The molecule has 0 spiro atoms. The van der Waals surface area contributed by atoms with E-state index in [0.717, 1.165) is 0 Å². The number of non-ortho nitro benzene ring substituents is 1. The topological polar surface area (TPSA) is 61.0 Å². The standard InChI is InChI=1S/C12H4F9N3O2/c13-9-7(11(16,17)18)8(10(14,15)12(19,20)21)22-23(9)5-1-3-6(4-2-5)24(25)26/h1-4H. The predicted octanol–water partition coefficient (Wildman–Crippen LogP) is 4.59. The highest BCUT2D eigenvalue weighted by Crippen LogP contribution is 2.48. The summed E-state index contributed by atoms with van der Waals surface area (Å²) in [6, 6.07) is 2.60. The number of benzene rings is 1. The average molecular weight is 393 g/mol. The Bertz CT molecular complexity index is 837. The van der Waals surface area contributed by atoms with Crippen LogP contribution in [0.3, 0.4) is 0 Å². The molecular weight excluding hydrogens is 389 g/mol. The zero-order valence-corrected chi connectivity index (χ0v) is 11.9. The Kier molecular flexibility index (Phi) is 4.41. The Morgan fingerprint density at radius 1 is 0.962 bits per heavy atom. The minimum atomic E-state index is -6.46. The number of aromatic nitrogens is 2. The van der Waals surface area contributed by atoms with Crippen molar-refractivity contribution in [3.05, 3.63) is 51.6 Å². The van der Waals surface area contributed by atoms with Gasteiger partial charge in [-0.2, -0.15) is 44.6 Å². The van der Waals surface area contributed by atoms with Crippen LogP contribution in [-0.4, -0.2) is 20.9 Å². The van der Waals surface area contributed by atoms with Gasteiger partial charge in [0.1, 0.15) is 5.56 Å². The second-order valence-corrected chi connectivity index (χ2v) is 4.77. The molecule has 0 unspecified atom stereocenters. The molecule has 0 atom stereocenters. The summed E-state index contributed by atoms with van der Waals surface area (Å²) in [5, 5.41) is 12.9. The zero-order chi connectivity index (χ0) is 20.1. The van der Waals surface area contributed by atoms with Crippen molar-refractivity contribution in [2.45, 2.75) is 18.3 Å². The van der Waals surface area contributed by atoms with Crippen LogP contribution >= 0.6 is 0 Å². The SMILES string of the molecule is O=[N+]([O-])c1ccc(-n2nc(C(F)(F)C(F)(F)F)c(C(F)(F)F)c2F)cc1. The zero-order valence-electron chi connectivity index (χ0n) is 11.9. The summed E-state index contributed by atoms with van der Waals surface area (Å²) in [6.07, 6.45) is -12.4. The number of nitrogens with zero attached hydrogens (tertiary/aromatic N) is 3. The molecule has 0 saturated carbocycles. The van der Waals surface area contributed by atoms with Gasteiger partial charge in [-0.1, -0.05) is 0 Å². The summed E-state index contributed by atoms with van der Waals surface area (Å²) >= 11 is 0. The monoisotopic (exact) mass is 393 g/mol. The van der Waals surface area contributed by atoms with Gasteiger partial charge in [0.25, 0.3) is 5.69 Å². The van der Waals surface area contributed by atoms with Crippen LogP contribution in [0.15, 0.2) is 24.3 Å². The van der Waals surface area contributed by atoms with Crippen molar-refractivity contribution in [2.24, 2.45) is 0 Å². The highest BCUT2D eigenvalue weighted by Gasteiger charge is 2.64. The summed E-state index contributed by atoms with van der Waals surface area (Å²) in [7, 11) is 0. The van der Waals surface area contributed by atoms with Crippen LogP contribution < -0.4 is 0 Å². The molecule has 0 radical (unpaired) electrons. The predicted molar refractivity (Wildman–Crippen MR) is 65.1 cm³/mol. The van der Waals surface area contributed by atoms with E-state index in [1.165, 1.54) is 0 Å². The lowest BCUT2D eigenvalue weighted by atomic mass is 10.1. The molecule has 14 heteroatoms. The normalized spacial score (nSPS) is 13.1. The fraction of sp³-hybridized carbons (Fsp3) is 0.250. The first kappa shape index (κ1) is 19.5. The van der Waals surface area contributed by atoms with Crippen molar-refractivity contribution in [2.75, 3.05) is 0 Å². The molecule has 142 valence electrons. The Balaban J connectivity index is 2.73. The Hall–Kier alpha value is -2.80. The van der Waals surface area contributed by atoms with Gasteiger partial charge in [0.15, 0.2) is 5.69 Å². The van der Waals surface area contributed by atoms with Crippen LogP contribution in [0.25, 0.3) is 5.69 Å². The Labute approximate surface area is 136 Å². The second-order valence-electron chi connectivity index (χ2n) is 4.77. The number of nitro groups is 1. The summed E-state index contributed by atoms with van der Waals surface area (Å²) in [4.78, 5) is 9.56. The van der Waals surface area contributed by atoms with Crippen molar-refractivity contribution in [3.8, 4) is 5.69 Å². The van der Waals surface area contributed by atoms with Crippen molar-refractivity contribution >= 4 is 5.69 Å². The van der Waals surface area contributed by atoms with Crippen molar-refractivity contribution in [1.29, 1.82) is 0 Å². The summed E-state index contributed by atoms with van der Waals surface area (Å²) < 4.78 is 116. The van der Waals surface area contributed by atoms with Gasteiger partial charge in [0.2, 0.25) is 5.95 Å². The molecule has 0 fully saturated rings. The number of nitro benzene ring substituents is 1. The minimum Gasteiger partial charge on any atom is -0.258 e. The van der Waals surface area contributed by atoms with Crippen LogP contribution in [0.2, 0.25) is 0 Å². The van der Waals surface area contributed by atoms with Crippen molar-refractivity contribution in [3.63, 3.8) is 0 Å². The van der Waals surface area contributed by atoms with Gasteiger partial charge >= 0.3 is 18.3 Å². The third-order valence-corrected chi connectivity index (χ3v) is 3.07. The largest absolute Gasteiger partial charge is 0.459 e. The van der Waals surface area contributed by atoms with Gasteiger partial charge in [-0.25, -0.2) is 4.68 Å². The van der Waals surface area contributed by atoms with E-state index >= 15 is 0 Å². The Morgan fingerprint density at radius 2 is 1.46 bits per heavy atom. The first-order chi connectivity index (χ1) is 11.7. The van der Waals surface area contributed by atoms with Crippen molar-refractivity contribution < 1.29 is 44.4 Å². The molecule has 0 aliphatic heterocycles. The minimum absolute atomic E-state index is 0.443. The van der Waals surface area contributed by atoms with E-state index in [2.05, 4.69) is 5.10 Å². The molecule has 26 heavy (non-hydrogen) atoms.